The van der Waals surface area contributed by atoms with Crippen LogP contribution in [0.25, 0.3) is 0 Å². The predicted molar refractivity (Wildman–Crippen MR) is 76.1 cm³/mol. The molecule has 0 bridgehead atoms. The molecule has 3 heteroatoms. The summed E-state index contributed by atoms with van der Waals surface area (Å²) in [6, 6.07) is 0.0979. The maximum Gasteiger partial charge on any atom is 0.254 e. The van der Waals surface area contributed by atoms with E-state index in [0.717, 1.165) is 42.8 Å². The Morgan fingerprint density at radius 1 is 1.42 bits per heavy atom. The molecular weight excluding hydrogens is 236 g/mol. The molecule has 0 radical (unpaired) electrons. The molecule has 1 N–H and O–H groups in total. The summed E-state index contributed by atoms with van der Waals surface area (Å²) in [5.41, 5.74) is 4.01. The average molecular weight is 256 g/mol. The van der Waals surface area contributed by atoms with E-state index in [0.29, 0.717) is 5.92 Å². The lowest BCUT2D eigenvalue weighted by Gasteiger charge is -2.34. The van der Waals surface area contributed by atoms with E-state index in [4.69, 9.17) is 0 Å². The van der Waals surface area contributed by atoms with E-state index in [1.165, 1.54) is 5.57 Å². The normalized spacial score (nSPS) is 30.8. The predicted octanol–water partition coefficient (Wildman–Crippen LogP) is 2.50. The summed E-state index contributed by atoms with van der Waals surface area (Å²) in [5.74, 6) is 0.706. The topological polar surface area (TPSA) is 32.3 Å². The van der Waals surface area contributed by atoms with Gasteiger partial charge in [-0.25, -0.2) is 0 Å². The molecule has 2 fully saturated rings. The molecule has 3 nitrogen and oxygen atoms in total. The van der Waals surface area contributed by atoms with Gasteiger partial charge in [0.2, 0.25) is 0 Å². The molecule has 0 saturated carbocycles. The summed E-state index contributed by atoms with van der Waals surface area (Å²) >= 11 is 0. The first-order valence-corrected chi connectivity index (χ1v) is 6.92. The minimum Gasteiger partial charge on any atom is -0.362 e. The standard InChI is InChI=1S/C16H20N2O/c1-10-4-6-14-13(8-10)9-18(16(14)19)15-7-5-11(2)17-12(15)3/h6,8,10,15,17H,2-5,7,9H2,1H3. The summed E-state index contributed by atoms with van der Waals surface area (Å²) in [5, 5.41) is 3.20. The van der Waals surface area contributed by atoms with Gasteiger partial charge in [0.1, 0.15) is 0 Å². The van der Waals surface area contributed by atoms with Crippen LogP contribution in [0, 0.1) is 5.92 Å². The lowest BCUT2D eigenvalue weighted by Crippen LogP contribution is -2.43. The Morgan fingerprint density at radius 3 is 2.95 bits per heavy atom. The molecule has 0 aromatic heterocycles. The highest BCUT2D eigenvalue weighted by Gasteiger charge is 2.38. The van der Waals surface area contributed by atoms with E-state index in [2.05, 4.69) is 37.6 Å². The Balaban J connectivity index is 1.84. The van der Waals surface area contributed by atoms with Gasteiger partial charge in [0.25, 0.3) is 5.91 Å². The van der Waals surface area contributed by atoms with Gasteiger partial charge in [-0.05, 0) is 30.8 Å². The minimum absolute atomic E-state index is 0.0979. The molecule has 1 amide bonds. The molecule has 0 aromatic carbocycles. The molecule has 100 valence electrons. The van der Waals surface area contributed by atoms with Crippen LogP contribution in [0.15, 0.2) is 47.9 Å². The molecule has 2 saturated heterocycles. The zero-order valence-electron chi connectivity index (χ0n) is 11.4. The number of carbonyl (C=O) groups is 1. The number of hydrogen-bond donors (Lipinski definition) is 1. The summed E-state index contributed by atoms with van der Waals surface area (Å²) in [4.78, 5) is 14.5. The van der Waals surface area contributed by atoms with E-state index in [1.807, 2.05) is 4.90 Å². The molecule has 0 aromatic rings. The maximum absolute atomic E-state index is 12.5. The molecule has 19 heavy (non-hydrogen) atoms. The largest absolute Gasteiger partial charge is 0.362 e. The van der Waals surface area contributed by atoms with Crippen molar-refractivity contribution in [3.63, 3.8) is 0 Å². The number of piperidine rings is 1. The van der Waals surface area contributed by atoms with Crippen molar-refractivity contribution in [1.29, 1.82) is 0 Å². The van der Waals surface area contributed by atoms with E-state index < -0.39 is 0 Å². The highest BCUT2D eigenvalue weighted by atomic mass is 16.2. The first-order valence-electron chi connectivity index (χ1n) is 6.92. The minimum atomic E-state index is 0.0979. The average Bonchev–Trinajstić information content (AvgIpc) is 2.66. The molecule has 1 aliphatic carbocycles. The number of likely N-dealkylation sites (tertiary alicyclic amines) is 1. The van der Waals surface area contributed by atoms with Gasteiger partial charge in [-0.15, -0.1) is 0 Å². The van der Waals surface area contributed by atoms with Crippen molar-refractivity contribution in [2.24, 2.45) is 5.92 Å². The van der Waals surface area contributed by atoms with Crippen LogP contribution in [-0.4, -0.2) is 23.4 Å². The van der Waals surface area contributed by atoms with E-state index >= 15 is 0 Å². The summed E-state index contributed by atoms with van der Waals surface area (Å²) in [6.45, 7) is 10.9. The van der Waals surface area contributed by atoms with Gasteiger partial charge >= 0.3 is 0 Å². The maximum atomic E-state index is 12.5. The second-order valence-electron chi connectivity index (χ2n) is 5.76. The van der Waals surface area contributed by atoms with Gasteiger partial charge in [0, 0.05) is 23.5 Å². The smallest absolute Gasteiger partial charge is 0.254 e. The molecular formula is C16H20N2O. The zero-order valence-corrected chi connectivity index (χ0v) is 11.4. The van der Waals surface area contributed by atoms with Crippen LogP contribution in [0.2, 0.25) is 0 Å². The van der Waals surface area contributed by atoms with Crippen LogP contribution in [0.3, 0.4) is 0 Å². The molecule has 2 aliphatic heterocycles. The van der Waals surface area contributed by atoms with Crippen LogP contribution in [0.1, 0.15) is 26.2 Å². The van der Waals surface area contributed by atoms with Crippen molar-refractivity contribution in [3.8, 4) is 0 Å². The number of nitrogens with zero attached hydrogens (tertiary/aromatic N) is 1. The second-order valence-corrected chi connectivity index (χ2v) is 5.76. The monoisotopic (exact) mass is 256 g/mol. The van der Waals surface area contributed by atoms with Crippen molar-refractivity contribution in [3.05, 3.63) is 47.9 Å². The quantitative estimate of drug-likeness (QED) is 0.782. The Bertz CT molecular complexity index is 527. The number of amides is 1. The molecule has 0 spiro atoms. The number of rotatable bonds is 1. The first-order chi connectivity index (χ1) is 9.06. The van der Waals surface area contributed by atoms with Crippen LogP contribution < -0.4 is 5.32 Å². The fraction of sp³-hybridized carbons (Fsp3) is 0.438. The van der Waals surface area contributed by atoms with Gasteiger partial charge in [-0.2, -0.15) is 0 Å². The van der Waals surface area contributed by atoms with Crippen molar-refractivity contribution in [2.45, 2.75) is 32.2 Å². The van der Waals surface area contributed by atoms with Crippen LogP contribution in [0.5, 0.6) is 0 Å². The summed E-state index contributed by atoms with van der Waals surface area (Å²) in [7, 11) is 0. The Morgan fingerprint density at radius 2 is 2.21 bits per heavy atom. The first kappa shape index (κ1) is 12.3. The highest BCUT2D eigenvalue weighted by Crippen LogP contribution is 2.34. The van der Waals surface area contributed by atoms with E-state index in [9.17, 15) is 4.79 Å². The van der Waals surface area contributed by atoms with Gasteiger partial charge in [-0.1, -0.05) is 32.2 Å². The fourth-order valence-electron chi connectivity index (χ4n) is 3.16. The number of carbonyl (C=O) groups excluding carboxylic acids is 1. The van der Waals surface area contributed by atoms with Crippen LogP contribution >= 0.6 is 0 Å². The van der Waals surface area contributed by atoms with Gasteiger partial charge in [0.05, 0.1) is 6.04 Å². The van der Waals surface area contributed by atoms with Gasteiger partial charge in [0.15, 0.2) is 0 Å². The molecule has 2 atom stereocenters. The summed E-state index contributed by atoms with van der Waals surface area (Å²) in [6.07, 6.45) is 7.14. The zero-order chi connectivity index (χ0) is 13.6. The third-order valence-electron chi connectivity index (χ3n) is 4.19. The van der Waals surface area contributed by atoms with Crippen molar-refractivity contribution < 1.29 is 4.79 Å². The number of nitrogens with one attached hydrogen (secondary N) is 1. The van der Waals surface area contributed by atoms with E-state index in [-0.39, 0.29) is 11.9 Å². The Labute approximate surface area is 114 Å². The van der Waals surface area contributed by atoms with Gasteiger partial charge < -0.3 is 10.2 Å². The molecule has 3 rings (SSSR count). The van der Waals surface area contributed by atoms with Crippen LogP contribution in [0.4, 0.5) is 0 Å². The molecule has 2 heterocycles. The van der Waals surface area contributed by atoms with Gasteiger partial charge in [-0.3, -0.25) is 4.79 Å². The lowest BCUT2D eigenvalue weighted by atomic mass is 9.93. The van der Waals surface area contributed by atoms with Crippen molar-refractivity contribution in [2.75, 3.05) is 6.54 Å². The number of hydrogen-bond acceptors (Lipinski definition) is 2. The lowest BCUT2D eigenvalue weighted by molar-refractivity contribution is -0.126. The second kappa shape index (κ2) is 4.41. The van der Waals surface area contributed by atoms with Crippen molar-refractivity contribution >= 4 is 5.91 Å². The number of fused-ring (bicyclic) bond motifs is 1. The Kier molecular flexibility index (Phi) is 2.85. The molecule has 3 aliphatic rings. The third kappa shape index (κ3) is 2.03. The fourth-order valence-corrected chi connectivity index (χ4v) is 3.16. The van der Waals surface area contributed by atoms with Crippen LogP contribution in [-0.2, 0) is 4.79 Å². The van der Waals surface area contributed by atoms with Crippen molar-refractivity contribution in [1.82, 2.24) is 10.2 Å². The highest BCUT2D eigenvalue weighted by molar-refractivity contribution is 6.02. The summed E-state index contributed by atoms with van der Waals surface area (Å²) < 4.78 is 0. The SMILES string of the molecule is C=C1CCC(N2CC3=CC(C)CC=C3C2=O)C(=C)N1. The number of allylic oxidation sites excluding steroid dienone is 3. The van der Waals surface area contributed by atoms with E-state index in [1.54, 1.807) is 0 Å². The Hall–Kier alpha value is -1.77. The molecule has 2 unspecified atom stereocenters. The third-order valence-corrected chi connectivity index (χ3v) is 4.19.